The van der Waals surface area contributed by atoms with E-state index < -0.39 is 0 Å². The van der Waals surface area contributed by atoms with Crippen molar-refractivity contribution in [3.63, 3.8) is 0 Å². The molecule has 1 aliphatic rings. The third-order valence-corrected chi connectivity index (χ3v) is 5.22. The Balaban J connectivity index is 1.81. The molecule has 1 aliphatic heterocycles. The van der Waals surface area contributed by atoms with Crippen molar-refractivity contribution in [1.29, 1.82) is 0 Å². The monoisotopic (exact) mass is 397 g/mol. The van der Waals surface area contributed by atoms with E-state index in [1.165, 1.54) is 0 Å². The molecule has 7 nitrogen and oxygen atoms in total. The number of aromatic nitrogens is 2. The molecule has 1 aromatic carbocycles. The van der Waals surface area contributed by atoms with Gasteiger partial charge in [0.25, 0.3) is 0 Å². The van der Waals surface area contributed by atoms with Crippen molar-refractivity contribution in [1.82, 2.24) is 25.4 Å². The van der Waals surface area contributed by atoms with E-state index in [2.05, 4.69) is 40.5 Å². The second-order valence-corrected chi connectivity index (χ2v) is 8.41. The van der Waals surface area contributed by atoms with Gasteiger partial charge in [-0.2, -0.15) is 0 Å². The zero-order chi connectivity index (χ0) is 20.1. The van der Waals surface area contributed by atoms with Crippen LogP contribution in [0, 0.1) is 4.91 Å². The molecule has 3 rings (SSSR count). The van der Waals surface area contributed by atoms with Gasteiger partial charge in [0, 0.05) is 28.3 Å². The van der Waals surface area contributed by atoms with Crippen LogP contribution in [0.1, 0.15) is 25.1 Å². The fourth-order valence-corrected chi connectivity index (χ4v) is 3.66. The van der Waals surface area contributed by atoms with Gasteiger partial charge in [-0.05, 0) is 29.7 Å². The normalized spacial score (nSPS) is 16.0. The van der Waals surface area contributed by atoms with Gasteiger partial charge in [0.1, 0.15) is 0 Å². The molecular weight excluding hydrogens is 372 g/mol. The molecule has 0 radical (unpaired) electrons. The molecule has 0 spiro atoms. The summed E-state index contributed by atoms with van der Waals surface area (Å²) in [6.07, 6.45) is 7.54. The van der Waals surface area contributed by atoms with Gasteiger partial charge in [-0.25, -0.2) is 4.98 Å². The predicted molar refractivity (Wildman–Crippen MR) is 117 cm³/mol. The topological polar surface area (TPSA) is 95.9 Å². The summed E-state index contributed by atoms with van der Waals surface area (Å²) in [4.78, 5) is 21.4. The quantitative estimate of drug-likeness (QED) is 0.617. The van der Waals surface area contributed by atoms with Crippen LogP contribution in [0.5, 0.6) is 0 Å². The number of nitroso groups, excluding NO2 is 1. The minimum Gasteiger partial charge on any atom is -0.377 e. The van der Waals surface area contributed by atoms with Crippen LogP contribution in [0.4, 0.5) is 17.3 Å². The third-order valence-electron chi connectivity index (χ3n) is 4.09. The second-order valence-electron chi connectivity index (χ2n) is 6.69. The number of benzene rings is 1. The molecule has 0 saturated heterocycles. The molecule has 0 bridgehead atoms. The summed E-state index contributed by atoms with van der Waals surface area (Å²) >= 11 is 1.82. The van der Waals surface area contributed by atoms with Crippen molar-refractivity contribution in [2.45, 2.75) is 31.0 Å². The van der Waals surface area contributed by atoms with Crippen molar-refractivity contribution in [2.24, 2.45) is 0 Å². The number of allylic oxidation sites excluding steroid dienone is 2. The van der Waals surface area contributed by atoms with Crippen molar-refractivity contribution < 1.29 is 0 Å². The molecule has 0 fully saturated rings. The third kappa shape index (κ3) is 4.76. The maximum atomic E-state index is 12.8. The van der Waals surface area contributed by atoms with E-state index in [9.17, 15) is 4.91 Å². The Kier molecular flexibility index (Phi) is 6.43. The summed E-state index contributed by atoms with van der Waals surface area (Å²) < 4.78 is 0.715. The first-order valence-electron chi connectivity index (χ1n) is 9.11. The number of hydrogen-bond donors (Lipinski definition) is 3. The number of nitrogen functional groups attached to an aromatic ring is 1. The van der Waals surface area contributed by atoms with Crippen molar-refractivity contribution in [3.05, 3.63) is 65.0 Å². The molecule has 8 heteroatoms. The number of hydrogen-bond acceptors (Lipinski definition) is 7. The van der Waals surface area contributed by atoms with Gasteiger partial charge in [0.05, 0.1) is 11.6 Å². The first kappa shape index (κ1) is 20.0. The van der Waals surface area contributed by atoms with Gasteiger partial charge in [0.15, 0.2) is 5.69 Å². The number of anilines is 1. The van der Waals surface area contributed by atoms with E-state index in [1.807, 2.05) is 43.2 Å². The number of nitrogens with two attached hydrogens (primary N) is 1. The molecule has 0 saturated carbocycles. The highest BCUT2D eigenvalue weighted by Crippen LogP contribution is 2.27. The summed E-state index contributed by atoms with van der Waals surface area (Å²) in [5.74, 6) is 0.187. The lowest BCUT2D eigenvalue weighted by atomic mass is 10.1. The van der Waals surface area contributed by atoms with Crippen LogP contribution in [0.2, 0.25) is 0 Å². The van der Waals surface area contributed by atoms with Gasteiger partial charge < -0.3 is 16.4 Å². The molecule has 2 heterocycles. The number of nitrogens with zero attached hydrogens (tertiary/aromatic N) is 3. The first-order valence-corrected chi connectivity index (χ1v) is 10.1. The summed E-state index contributed by atoms with van der Waals surface area (Å²) in [6, 6.07) is 7.30. The fourth-order valence-electron chi connectivity index (χ4n) is 2.76. The van der Waals surface area contributed by atoms with Gasteiger partial charge in [0.2, 0.25) is 11.5 Å². The Hall–Kier alpha value is -2.71. The summed E-state index contributed by atoms with van der Waals surface area (Å²) in [6.45, 7) is 5.05. The van der Waals surface area contributed by atoms with E-state index in [-0.39, 0.29) is 17.0 Å². The number of dihydropyridines is 1. The summed E-state index contributed by atoms with van der Waals surface area (Å²) in [7, 11) is 1.88. The standard InChI is InChI=1S/C20H25N6OS/c1-13(2)28-18-9-6-15(11-23-18)17-12-24-19(21)20(25-17)26(27)16-7-4-14(5-8-16)10-22-3/h4-9,11-13,18,22-23H,10H2,1-3H3,(H2,21,24)/q+1. The highest BCUT2D eigenvalue weighted by atomic mass is 32.2. The zero-order valence-electron chi connectivity index (χ0n) is 16.2. The largest absolute Gasteiger partial charge is 0.410 e. The van der Waals surface area contributed by atoms with E-state index in [0.29, 0.717) is 21.4 Å². The van der Waals surface area contributed by atoms with Crippen LogP contribution in [-0.2, 0) is 6.54 Å². The van der Waals surface area contributed by atoms with Crippen molar-refractivity contribution >= 4 is 34.7 Å². The minimum atomic E-state index is 0.0897. The van der Waals surface area contributed by atoms with Crippen LogP contribution >= 0.6 is 11.8 Å². The Labute approximate surface area is 169 Å². The van der Waals surface area contributed by atoms with E-state index in [1.54, 1.807) is 18.3 Å². The smallest absolute Gasteiger partial charge is 0.377 e. The number of rotatable bonds is 7. The van der Waals surface area contributed by atoms with E-state index in [4.69, 9.17) is 5.73 Å². The SMILES string of the molecule is CNCc1ccc([N+](=O)c2nc(C3=CNC(SC(C)C)C=C3)cnc2N)cc1. The molecule has 2 aromatic rings. The molecule has 0 aliphatic carbocycles. The Morgan fingerprint density at radius 2 is 2.07 bits per heavy atom. The molecule has 1 atom stereocenters. The molecule has 28 heavy (non-hydrogen) atoms. The molecule has 1 unspecified atom stereocenters. The lowest BCUT2D eigenvalue weighted by Gasteiger charge is -2.19. The van der Waals surface area contributed by atoms with Crippen LogP contribution < -0.4 is 21.1 Å². The van der Waals surface area contributed by atoms with E-state index >= 15 is 0 Å². The number of thioether (sulfide) groups is 1. The molecule has 0 amide bonds. The lowest BCUT2D eigenvalue weighted by molar-refractivity contribution is 0.817. The van der Waals surface area contributed by atoms with Gasteiger partial charge in [-0.15, -0.1) is 11.8 Å². The highest BCUT2D eigenvalue weighted by Gasteiger charge is 2.25. The van der Waals surface area contributed by atoms with Crippen LogP contribution in [0.15, 0.2) is 48.8 Å². The van der Waals surface area contributed by atoms with Gasteiger partial charge in [-0.1, -0.05) is 43.0 Å². The number of nitrogens with one attached hydrogen (secondary N) is 2. The maximum absolute atomic E-state index is 12.8. The molecular formula is C20H25N6OS+. The van der Waals surface area contributed by atoms with Crippen molar-refractivity contribution in [3.8, 4) is 0 Å². The summed E-state index contributed by atoms with van der Waals surface area (Å²) in [5, 5.41) is 7.15. The Morgan fingerprint density at radius 1 is 1.32 bits per heavy atom. The van der Waals surface area contributed by atoms with Crippen LogP contribution in [0.25, 0.3) is 5.57 Å². The first-order chi connectivity index (χ1) is 13.5. The minimum absolute atomic E-state index is 0.0897. The molecule has 146 valence electrons. The van der Waals surface area contributed by atoms with Crippen LogP contribution in [-0.4, -0.2) is 27.6 Å². The Bertz CT molecular complexity index is 907. The predicted octanol–water partition coefficient (Wildman–Crippen LogP) is 3.35. The average molecular weight is 398 g/mol. The van der Waals surface area contributed by atoms with E-state index in [0.717, 1.165) is 17.7 Å². The second kappa shape index (κ2) is 8.99. The van der Waals surface area contributed by atoms with Crippen molar-refractivity contribution in [2.75, 3.05) is 12.8 Å². The average Bonchev–Trinajstić information content (AvgIpc) is 2.69. The van der Waals surface area contributed by atoms with Gasteiger partial charge >= 0.3 is 5.82 Å². The maximum Gasteiger partial charge on any atom is 0.410 e. The lowest BCUT2D eigenvalue weighted by Crippen LogP contribution is -2.23. The summed E-state index contributed by atoms with van der Waals surface area (Å²) in [5.41, 5.74) is 8.92. The fraction of sp³-hybridized carbons (Fsp3) is 0.300. The zero-order valence-corrected chi connectivity index (χ0v) is 17.0. The van der Waals surface area contributed by atoms with Gasteiger partial charge in [-0.3, -0.25) is 0 Å². The Morgan fingerprint density at radius 3 is 2.68 bits per heavy atom. The molecule has 4 N–H and O–H groups in total. The molecule has 1 aromatic heterocycles. The highest BCUT2D eigenvalue weighted by molar-refractivity contribution is 8.00. The van der Waals surface area contributed by atoms with Crippen LogP contribution in [0.3, 0.4) is 0 Å².